The lowest BCUT2D eigenvalue weighted by molar-refractivity contribution is 0.380. The molecule has 0 saturated heterocycles. The summed E-state index contributed by atoms with van der Waals surface area (Å²) < 4.78 is 13.1. The monoisotopic (exact) mass is 358 g/mol. The fourth-order valence-electron chi connectivity index (χ4n) is 3.31. The first-order valence-electron chi connectivity index (χ1n) is 7.28. The predicted molar refractivity (Wildman–Crippen MR) is 92.4 cm³/mol. The summed E-state index contributed by atoms with van der Waals surface area (Å²) in [6.45, 7) is 13.7. The van der Waals surface area contributed by atoms with Gasteiger partial charge in [-0.1, -0.05) is 47.6 Å². The second-order valence-corrected chi connectivity index (χ2v) is 12.4. The Morgan fingerprint density at radius 1 is 0.950 bits per heavy atom. The molecule has 0 N–H and O–H groups in total. The van der Waals surface area contributed by atoms with Crippen LogP contribution in [0.3, 0.4) is 0 Å². The third kappa shape index (κ3) is 3.22. The van der Waals surface area contributed by atoms with Crippen LogP contribution >= 0.6 is 15.9 Å². The molecule has 0 aliphatic rings. The number of hydrogen-bond acceptors (Lipinski definition) is 2. The molecule has 1 aromatic rings. The minimum atomic E-state index is -1.94. The zero-order valence-electron chi connectivity index (χ0n) is 13.7. The van der Waals surface area contributed by atoms with Gasteiger partial charge in [0.05, 0.1) is 11.6 Å². The first-order valence-corrected chi connectivity index (χ1v) is 10.2. The van der Waals surface area contributed by atoms with E-state index in [2.05, 4.69) is 57.5 Å². The lowest BCUT2D eigenvalue weighted by Gasteiger charge is -2.42. The molecule has 2 nitrogen and oxygen atoms in total. The van der Waals surface area contributed by atoms with Gasteiger partial charge in [0, 0.05) is 0 Å². The minimum Gasteiger partial charge on any atom is -0.540 e. The van der Waals surface area contributed by atoms with Crippen molar-refractivity contribution in [2.45, 2.75) is 58.2 Å². The van der Waals surface area contributed by atoms with Crippen molar-refractivity contribution in [2.24, 2.45) is 0 Å². The van der Waals surface area contributed by atoms with Crippen molar-refractivity contribution >= 4 is 24.2 Å². The second-order valence-electron chi connectivity index (χ2n) is 6.19. The first-order chi connectivity index (χ1) is 9.27. The lowest BCUT2D eigenvalue weighted by atomic mass is 10.3. The summed E-state index contributed by atoms with van der Waals surface area (Å²) in [5, 5.41) is 0. The molecule has 0 heterocycles. The van der Waals surface area contributed by atoms with E-state index in [1.54, 1.807) is 7.11 Å². The Balaban J connectivity index is 3.30. The van der Waals surface area contributed by atoms with Crippen LogP contribution in [0.25, 0.3) is 0 Å². The molecule has 0 bridgehead atoms. The summed E-state index contributed by atoms with van der Waals surface area (Å²) in [6.07, 6.45) is 0. The van der Waals surface area contributed by atoms with E-state index < -0.39 is 8.32 Å². The molecule has 4 heteroatoms. The number of para-hydroxylation sites is 1. The molecule has 0 unspecified atom stereocenters. The molecular formula is C16H27BrO2Si. The molecule has 114 valence electrons. The molecule has 0 saturated carbocycles. The molecule has 0 aliphatic carbocycles. The molecule has 0 radical (unpaired) electrons. The molecule has 0 amide bonds. The highest BCUT2D eigenvalue weighted by atomic mass is 79.9. The van der Waals surface area contributed by atoms with Crippen LogP contribution in [0.15, 0.2) is 22.7 Å². The van der Waals surface area contributed by atoms with Gasteiger partial charge in [0.15, 0.2) is 5.75 Å². The van der Waals surface area contributed by atoms with Gasteiger partial charge < -0.3 is 9.16 Å². The fraction of sp³-hybridized carbons (Fsp3) is 0.625. The van der Waals surface area contributed by atoms with Crippen molar-refractivity contribution in [1.82, 2.24) is 0 Å². The van der Waals surface area contributed by atoms with E-state index in [-0.39, 0.29) is 0 Å². The number of methoxy groups -OCH3 is 1. The van der Waals surface area contributed by atoms with E-state index in [1.165, 1.54) is 0 Å². The molecule has 0 spiro atoms. The Morgan fingerprint density at radius 3 is 1.85 bits per heavy atom. The third-order valence-electron chi connectivity index (χ3n) is 4.13. The Morgan fingerprint density at radius 2 is 1.45 bits per heavy atom. The Bertz CT molecular complexity index is 422. The van der Waals surface area contributed by atoms with E-state index in [0.29, 0.717) is 16.6 Å². The Hall–Kier alpha value is -0.483. The smallest absolute Gasteiger partial charge is 0.258 e. The van der Waals surface area contributed by atoms with Gasteiger partial charge in [0.2, 0.25) is 0 Å². The largest absolute Gasteiger partial charge is 0.540 e. The predicted octanol–water partition coefficient (Wildman–Crippen LogP) is 6.01. The Labute approximate surface area is 133 Å². The van der Waals surface area contributed by atoms with E-state index >= 15 is 0 Å². The summed E-state index contributed by atoms with van der Waals surface area (Å²) in [7, 11) is -0.249. The molecular weight excluding hydrogens is 332 g/mol. The van der Waals surface area contributed by atoms with Crippen LogP contribution < -0.4 is 9.16 Å². The maximum atomic E-state index is 6.67. The maximum absolute atomic E-state index is 6.67. The molecule has 20 heavy (non-hydrogen) atoms. The number of hydrogen-bond donors (Lipinski definition) is 0. The van der Waals surface area contributed by atoms with E-state index in [4.69, 9.17) is 9.16 Å². The molecule has 0 atom stereocenters. The van der Waals surface area contributed by atoms with Crippen LogP contribution in [-0.4, -0.2) is 15.4 Å². The summed E-state index contributed by atoms with van der Waals surface area (Å²) in [4.78, 5) is 0. The normalized spacial score (nSPS) is 12.3. The van der Waals surface area contributed by atoms with Crippen molar-refractivity contribution in [3.05, 3.63) is 22.7 Å². The topological polar surface area (TPSA) is 18.5 Å². The van der Waals surface area contributed by atoms with Gasteiger partial charge in [-0.15, -0.1) is 0 Å². The Kier molecular flexibility index (Phi) is 6.14. The van der Waals surface area contributed by atoms with Crippen LogP contribution in [0.2, 0.25) is 16.6 Å². The number of halogens is 1. The summed E-state index contributed by atoms with van der Waals surface area (Å²) in [5.41, 5.74) is 1.64. The second kappa shape index (κ2) is 6.99. The van der Waals surface area contributed by atoms with Crippen molar-refractivity contribution in [3.63, 3.8) is 0 Å². The van der Waals surface area contributed by atoms with Gasteiger partial charge in [-0.3, -0.25) is 0 Å². The molecule has 0 aromatic heterocycles. The zero-order chi connectivity index (χ0) is 15.5. The van der Waals surface area contributed by atoms with Crippen molar-refractivity contribution in [2.75, 3.05) is 7.11 Å². The average Bonchev–Trinajstić information content (AvgIpc) is 2.34. The number of rotatable bonds is 6. The fourth-order valence-corrected chi connectivity index (χ4v) is 9.07. The zero-order valence-corrected chi connectivity index (χ0v) is 16.2. The van der Waals surface area contributed by atoms with Crippen molar-refractivity contribution < 1.29 is 9.16 Å². The molecule has 1 rings (SSSR count). The number of benzene rings is 1. The van der Waals surface area contributed by atoms with Gasteiger partial charge in [0.25, 0.3) is 8.32 Å². The van der Waals surface area contributed by atoms with Gasteiger partial charge in [-0.25, -0.2) is 0 Å². The van der Waals surface area contributed by atoms with E-state index in [9.17, 15) is 0 Å². The molecule has 0 fully saturated rings. The van der Waals surface area contributed by atoms with Crippen LogP contribution in [0.1, 0.15) is 41.5 Å². The minimum absolute atomic E-state index is 0.547. The van der Waals surface area contributed by atoms with Gasteiger partial charge in [0.1, 0.15) is 5.75 Å². The average molecular weight is 359 g/mol. The first kappa shape index (κ1) is 17.6. The van der Waals surface area contributed by atoms with E-state index in [1.807, 2.05) is 18.2 Å². The van der Waals surface area contributed by atoms with Crippen LogP contribution in [0, 0.1) is 0 Å². The van der Waals surface area contributed by atoms with Crippen molar-refractivity contribution in [1.29, 1.82) is 0 Å². The molecule has 1 aromatic carbocycles. The highest BCUT2D eigenvalue weighted by Gasteiger charge is 2.47. The summed E-state index contributed by atoms with van der Waals surface area (Å²) >= 11 is 3.54. The van der Waals surface area contributed by atoms with Crippen LogP contribution in [-0.2, 0) is 0 Å². The quantitative estimate of drug-likeness (QED) is 0.579. The van der Waals surface area contributed by atoms with E-state index in [0.717, 1.165) is 16.0 Å². The number of ether oxygens (including phenoxy) is 1. The molecule has 0 aliphatic heterocycles. The highest BCUT2D eigenvalue weighted by molar-refractivity contribution is 9.10. The van der Waals surface area contributed by atoms with Crippen molar-refractivity contribution in [3.8, 4) is 11.5 Å². The SMILES string of the molecule is COc1c(Br)cccc1O[Si](C(C)C)(C(C)C)C(C)C. The summed E-state index contributed by atoms with van der Waals surface area (Å²) in [5.74, 6) is 1.66. The highest BCUT2D eigenvalue weighted by Crippen LogP contribution is 2.45. The van der Waals surface area contributed by atoms with Gasteiger partial charge in [-0.2, -0.15) is 0 Å². The maximum Gasteiger partial charge on any atom is 0.258 e. The van der Waals surface area contributed by atoms with Gasteiger partial charge in [-0.05, 0) is 44.7 Å². The third-order valence-corrected chi connectivity index (χ3v) is 10.7. The lowest BCUT2D eigenvalue weighted by Crippen LogP contribution is -2.50. The summed E-state index contributed by atoms with van der Waals surface area (Å²) in [6, 6.07) is 6.00. The standard InChI is InChI=1S/C16H27BrO2Si/c1-11(2)20(12(3)4,13(5)6)19-15-10-8-9-14(17)16(15)18-7/h8-13H,1-7H3. The van der Waals surface area contributed by atoms with Gasteiger partial charge >= 0.3 is 0 Å². The van der Waals surface area contributed by atoms with Crippen LogP contribution in [0.5, 0.6) is 11.5 Å². The van der Waals surface area contributed by atoms with Crippen LogP contribution in [0.4, 0.5) is 0 Å².